The first-order chi connectivity index (χ1) is 15.4. The number of nitrogens with zero attached hydrogens (tertiary/aromatic N) is 5. The van der Waals surface area contributed by atoms with Crippen molar-refractivity contribution in [1.82, 2.24) is 24.6 Å². The molecule has 1 N–H and O–H groups in total. The predicted molar refractivity (Wildman–Crippen MR) is 129 cm³/mol. The normalized spacial score (nSPS) is 16.4. The van der Waals surface area contributed by atoms with E-state index >= 15 is 0 Å². The van der Waals surface area contributed by atoms with Crippen LogP contribution in [0.1, 0.15) is 47.9 Å². The molecule has 0 saturated carbocycles. The lowest BCUT2D eigenvalue weighted by atomic mass is 10.1. The van der Waals surface area contributed by atoms with Gasteiger partial charge in [-0.05, 0) is 57.5 Å². The topological polar surface area (TPSA) is 66.3 Å². The van der Waals surface area contributed by atoms with Gasteiger partial charge in [0.1, 0.15) is 0 Å². The highest BCUT2D eigenvalue weighted by atomic mass is 16.1. The first kappa shape index (κ1) is 22.4. The molecule has 3 aromatic rings. The Morgan fingerprint density at radius 1 is 1.16 bits per heavy atom. The number of aryl methyl sites for hydroxylation is 1. The van der Waals surface area contributed by atoms with Crippen LogP contribution in [0.5, 0.6) is 0 Å². The quantitative estimate of drug-likeness (QED) is 0.613. The summed E-state index contributed by atoms with van der Waals surface area (Å²) < 4.78 is 1.91. The van der Waals surface area contributed by atoms with Crippen molar-refractivity contribution in [2.45, 2.75) is 39.7 Å². The van der Waals surface area contributed by atoms with E-state index in [0.29, 0.717) is 5.56 Å². The van der Waals surface area contributed by atoms with Crippen LogP contribution in [0.2, 0.25) is 0 Å². The first-order valence-corrected chi connectivity index (χ1v) is 11.6. The van der Waals surface area contributed by atoms with Crippen LogP contribution in [0.15, 0.2) is 36.5 Å². The Balaban J connectivity index is 1.43. The summed E-state index contributed by atoms with van der Waals surface area (Å²) in [6.45, 7) is 11.8. The van der Waals surface area contributed by atoms with Crippen molar-refractivity contribution in [1.29, 1.82) is 0 Å². The highest BCUT2D eigenvalue weighted by Gasteiger charge is 2.18. The molecule has 170 valence electrons. The van der Waals surface area contributed by atoms with Crippen LogP contribution < -0.4 is 5.32 Å². The molecular weight excluding hydrogens is 400 g/mol. The molecule has 3 heterocycles. The highest BCUT2D eigenvalue weighted by molar-refractivity contribution is 6.12. The number of likely N-dealkylation sites (N-methyl/N-ethyl adjacent to an activating group) is 1. The number of amides is 1. The van der Waals surface area contributed by atoms with Crippen molar-refractivity contribution >= 4 is 22.6 Å². The van der Waals surface area contributed by atoms with Crippen molar-refractivity contribution < 1.29 is 4.79 Å². The van der Waals surface area contributed by atoms with Gasteiger partial charge in [-0.3, -0.25) is 4.79 Å². The Morgan fingerprint density at radius 3 is 2.56 bits per heavy atom. The van der Waals surface area contributed by atoms with Crippen LogP contribution >= 0.6 is 0 Å². The van der Waals surface area contributed by atoms with E-state index in [1.807, 2.05) is 29.8 Å². The number of pyridine rings is 1. The van der Waals surface area contributed by atoms with E-state index in [2.05, 4.69) is 58.2 Å². The number of anilines is 1. The van der Waals surface area contributed by atoms with Gasteiger partial charge in [-0.15, -0.1) is 0 Å². The number of rotatable bonds is 7. The van der Waals surface area contributed by atoms with Crippen LogP contribution in [0.3, 0.4) is 0 Å². The van der Waals surface area contributed by atoms with E-state index < -0.39 is 0 Å². The summed E-state index contributed by atoms with van der Waals surface area (Å²) in [5, 5.41) is 8.34. The minimum atomic E-state index is -0.130. The van der Waals surface area contributed by atoms with E-state index in [1.54, 1.807) is 6.20 Å². The molecule has 1 fully saturated rings. The zero-order chi connectivity index (χ0) is 22.7. The molecule has 2 aromatic heterocycles. The fourth-order valence-electron chi connectivity index (χ4n) is 4.14. The van der Waals surface area contributed by atoms with E-state index in [9.17, 15) is 4.79 Å². The molecule has 1 amide bonds. The number of carbonyl (C=O) groups excluding carboxylic acids is 1. The minimum Gasteiger partial charge on any atom is -0.322 e. The monoisotopic (exact) mass is 434 g/mol. The largest absolute Gasteiger partial charge is 0.322 e. The molecule has 0 radical (unpaired) electrons. The molecule has 1 aromatic carbocycles. The third-order valence-corrected chi connectivity index (χ3v) is 6.47. The number of nitrogens with one attached hydrogen (secondary N) is 1. The maximum absolute atomic E-state index is 13.1. The summed E-state index contributed by atoms with van der Waals surface area (Å²) >= 11 is 0. The fourth-order valence-corrected chi connectivity index (χ4v) is 4.14. The Labute approximate surface area is 190 Å². The van der Waals surface area contributed by atoms with Gasteiger partial charge >= 0.3 is 0 Å². The van der Waals surface area contributed by atoms with Gasteiger partial charge in [-0.2, -0.15) is 5.10 Å². The minimum absolute atomic E-state index is 0.130. The Bertz CT molecular complexity index is 1070. The zero-order valence-electron chi connectivity index (χ0n) is 19.6. The van der Waals surface area contributed by atoms with Gasteiger partial charge in [-0.25, -0.2) is 9.67 Å². The lowest BCUT2D eigenvalue weighted by Gasteiger charge is -2.32. The third kappa shape index (κ3) is 5.00. The molecule has 0 bridgehead atoms. The lowest BCUT2D eigenvalue weighted by molar-refractivity contribution is 0.102. The number of piperazine rings is 1. The molecule has 0 aliphatic carbocycles. The SMILES string of the molecule is CCC(C)n1ncc2c(C(=O)Nc3ccc(CCN4CCN(C)CC4)cc3)cc(C)nc21. The van der Waals surface area contributed by atoms with Crippen LogP contribution in [0.4, 0.5) is 5.69 Å². The lowest BCUT2D eigenvalue weighted by Crippen LogP contribution is -2.45. The molecule has 4 rings (SSSR count). The molecule has 1 unspecified atom stereocenters. The van der Waals surface area contributed by atoms with Crippen LogP contribution in [0.25, 0.3) is 11.0 Å². The van der Waals surface area contributed by atoms with Crippen LogP contribution in [0, 0.1) is 6.92 Å². The first-order valence-electron chi connectivity index (χ1n) is 11.6. The van der Waals surface area contributed by atoms with Crippen LogP contribution in [-0.2, 0) is 6.42 Å². The number of carbonyl (C=O) groups is 1. The highest BCUT2D eigenvalue weighted by Crippen LogP contribution is 2.23. The Hall–Kier alpha value is -2.77. The molecule has 1 aliphatic heterocycles. The standard InChI is InChI=1S/C25H34N6O/c1-5-19(3)31-24-23(17-26-31)22(16-18(2)27-24)25(32)28-21-8-6-20(7-9-21)10-11-30-14-12-29(4)13-15-30/h6-9,16-17,19H,5,10-15H2,1-4H3,(H,28,32). The van der Waals surface area contributed by atoms with Gasteiger partial charge in [0.2, 0.25) is 0 Å². The molecular formula is C25H34N6O. The molecule has 7 heteroatoms. The zero-order valence-corrected chi connectivity index (χ0v) is 19.6. The smallest absolute Gasteiger partial charge is 0.256 e. The van der Waals surface area contributed by atoms with Crippen molar-refractivity contribution in [3.63, 3.8) is 0 Å². The number of benzene rings is 1. The average molecular weight is 435 g/mol. The fraction of sp³-hybridized carbons (Fsp3) is 0.480. The summed E-state index contributed by atoms with van der Waals surface area (Å²) in [6, 6.07) is 10.3. The maximum atomic E-state index is 13.1. The van der Waals surface area contributed by atoms with E-state index in [0.717, 1.165) is 68.0 Å². The average Bonchev–Trinajstić information content (AvgIpc) is 3.22. The van der Waals surface area contributed by atoms with Crippen molar-refractivity contribution in [2.24, 2.45) is 0 Å². The van der Waals surface area contributed by atoms with Crippen molar-refractivity contribution in [3.05, 3.63) is 53.3 Å². The summed E-state index contributed by atoms with van der Waals surface area (Å²) in [5.41, 5.74) is 4.28. The van der Waals surface area contributed by atoms with Gasteiger partial charge in [-0.1, -0.05) is 19.1 Å². The van der Waals surface area contributed by atoms with E-state index in [-0.39, 0.29) is 11.9 Å². The van der Waals surface area contributed by atoms with Crippen LogP contribution in [-0.4, -0.2) is 70.2 Å². The second-order valence-corrected chi connectivity index (χ2v) is 8.94. The number of aromatic nitrogens is 3. The molecule has 32 heavy (non-hydrogen) atoms. The maximum Gasteiger partial charge on any atom is 0.256 e. The van der Waals surface area contributed by atoms with Gasteiger partial charge in [0.25, 0.3) is 5.91 Å². The predicted octanol–water partition coefficient (Wildman–Crippen LogP) is 3.75. The van der Waals surface area contributed by atoms with Crippen molar-refractivity contribution in [2.75, 3.05) is 45.1 Å². The number of hydrogen-bond acceptors (Lipinski definition) is 5. The van der Waals surface area contributed by atoms with Gasteiger partial charge in [0.05, 0.1) is 23.2 Å². The third-order valence-electron chi connectivity index (χ3n) is 6.47. The van der Waals surface area contributed by atoms with E-state index in [1.165, 1.54) is 5.56 Å². The van der Waals surface area contributed by atoms with Gasteiger partial charge in [0.15, 0.2) is 5.65 Å². The Kier molecular flexibility index (Phi) is 6.86. The summed E-state index contributed by atoms with van der Waals surface area (Å²) in [4.78, 5) is 22.6. The molecule has 0 spiro atoms. The molecule has 1 aliphatic rings. The molecule has 1 saturated heterocycles. The summed E-state index contributed by atoms with van der Waals surface area (Å²) in [7, 11) is 2.18. The second kappa shape index (κ2) is 9.79. The van der Waals surface area contributed by atoms with Gasteiger partial charge in [0, 0.05) is 44.1 Å². The number of hydrogen-bond donors (Lipinski definition) is 1. The molecule has 7 nitrogen and oxygen atoms in total. The van der Waals surface area contributed by atoms with E-state index in [4.69, 9.17) is 0 Å². The van der Waals surface area contributed by atoms with Crippen molar-refractivity contribution in [3.8, 4) is 0 Å². The summed E-state index contributed by atoms with van der Waals surface area (Å²) in [5.74, 6) is -0.130. The summed E-state index contributed by atoms with van der Waals surface area (Å²) in [6.07, 6.45) is 3.73. The Morgan fingerprint density at radius 2 is 1.88 bits per heavy atom. The second-order valence-electron chi connectivity index (χ2n) is 8.94. The number of fused-ring (bicyclic) bond motifs is 1. The van der Waals surface area contributed by atoms with Gasteiger partial charge < -0.3 is 15.1 Å². The molecule has 1 atom stereocenters.